The largest absolute Gasteiger partial charge is 1.00 e. The maximum absolute atomic E-state index is 2.64. The Hall–Kier alpha value is -0.747. The summed E-state index contributed by atoms with van der Waals surface area (Å²) in [5, 5.41) is 0. The molecule has 0 atom stereocenters. The number of rotatable bonds is 4. The first-order valence-corrected chi connectivity index (χ1v) is 18.0. The molecule has 0 bridgehead atoms. The van der Waals surface area contributed by atoms with Crippen LogP contribution in [0.15, 0.2) is 57.4 Å². The Bertz CT molecular complexity index is 1200. The number of halogens is 2. The molecule has 0 saturated carbocycles. The topological polar surface area (TPSA) is 0 Å². The number of hydrogen-bond donors (Lipinski definition) is 0. The van der Waals surface area contributed by atoms with Crippen molar-refractivity contribution in [2.24, 2.45) is 5.41 Å². The summed E-state index contributed by atoms with van der Waals surface area (Å²) in [6.45, 7) is 26.0. The molecule has 0 fully saturated rings. The van der Waals surface area contributed by atoms with Crippen molar-refractivity contribution in [3.63, 3.8) is 0 Å². The van der Waals surface area contributed by atoms with Gasteiger partial charge in [0.25, 0.3) is 0 Å². The van der Waals surface area contributed by atoms with E-state index >= 15 is 0 Å². The number of hydrogen-bond acceptors (Lipinski definition) is 0. The Kier molecular flexibility index (Phi) is 10.6. The van der Waals surface area contributed by atoms with E-state index in [1.807, 2.05) is 6.49 Å². The summed E-state index contributed by atoms with van der Waals surface area (Å²) in [5.74, 6) is 0. The molecule has 206 valence electrons. The number of benzene rings is 2. The van der Waals surface area contributed by atoms with E-state index in [0.29, 0.717) is 3.63 Å². The van der Waals surface area contributed by atoms with Crippen molar-refractivity contribution in [2.75, 3.05) is 0 Å². The van der Waals surface area contributed by atoms with E-state index in [0.717, 1.165) is 0 Å². The first-order chi connectivity index (χ1) is 16.7. The Balaban J connectivity index is 0.00000253. The molecule has 0 aliphatic heterocycles. The molecule has 0 radical (unpaired) electrons. The quantitative estimate of drug-likeness (QED) is 0.475. The second kappa shape index (κ2) is 12.0. The van der Waals surface area contributed by atoms with Gasteiger partial charge in [-0.1, -0.05) is 0 Å². The van der Waals surface area contributed by atoms with Gasteiger partial charge in [-0.05, 0) is 0 Å². The summed E-state index contributed by atoms with van der Waals surface area (Å²) in [5.41, 5.74) is 11.2. The molecule has 0 saturated heterocycles. The molecule has 2 aromatic rings. The van der Waals surface area contributed by atoms with Gasteiger partial charge in [-0.15, -0.1) is 0 Å². The molecular formula is C35H48Cl2Zr. The number of allylic oxidation sites excluding steroid dienone is 4. The second-order valence-corrected chi connectivity index (χ2v) is 20.8. The molecule has 2 aliphatic carbocycles. The molecule has 0 amide bonds. The van der Waals surface area contributed by atoms with E-state index in [2.05, 4.69) is 125 Å². The molecule has 0 heterocycles. The van der Waals surface area contributed by atoms with Gasteiger partial charge in [-0.2, -0.15) is 0 Å². The predicted octanol–water partition coefficient (Wildman–Crippen LogP) is 4.23. The van der Waals surface area contributed by atoms with Gasteiger partial charge in [0.2, 0.25) is 0 Å². The Morgan fingerprint density at radius 3 is 1.50 bits per heavy atom. The summed E-state index contributed by atoms with van der Waals surface area (Å²) in [6, 6.07) is 15.0. The summed E-state index contributed by atoms with van der Waals surface area (Å²) in [4.78, 5) is 0. The van der Waals surface area contributed by atoms with E-state index in [-0.39, 0.29) is 41.1 Å². The molecule has 0 aromatic heterocycles. The fourth-order valence-electron chi connectivity index (χ4n) is 5.98. The molecular weight excluding hydrogens is 583 g/mol. The van der Waals surface area contributed by atoms with Gasteiger partial charge in [-0.25, -0.2) is 0 Å². The fraction of sp³-hybridized carbons (Fsp3) is 0.514. The molecule has 2 aliphatic rings. The Morgan fingerprint density at radius 1 is 0.711 bits per heavy atom. The van der Waals surface area contributed by atoms with Crippen LogP contribution in [0, 0.1) is 5.41 Å². The van der Waals surface area contributed by atoms with Crippen molar-refractivity contribution in [2.45, 2.75) is 110 Å². The van der Waals surface area contributed by atoms with Crippen LogP contribution in [0.5, 0.6) is 0 Å². The molecule has 0 spiro atoms. The van der Waals surface area contributed by atoms with Gasteiger partial charge in [0.15, 0.2) is 0 Å². The van der Waals surface area contributed by atoms with Crippen LogP contribution in [0.3, 0.4) is 0 Å². The van der Waals surface area contributed by atoms with Crippen LogP contribution < -0.4 is 24.8 Å². The van der Waals surface area contributed by atoms with Crippen molar-refractivity contribution >= 4 is 3.21 Å². The van der Waals surface area contributed by atoms with Crippen LogP contribution in [0.4, 0.5) is 0 Å². The maximum Gasteiger partial charge on any atom is -1.00 e. The average Bonchev–Trinajstić information content (AvgIpc) is 3.39. The zero-order chi connectivity index (χ0) is 26.6. The van der Waals surface area contributed by atoms with E-state index in [1.54, 1.807) is 16.7 Å². The molecule has 3 heteroatoms. The Labute approximate surface area is 253 Å². The summed E-state index contributed by atoms with van der Waals surface area (Å²) in [7, 11) is 0. The summed E-state index contributed by atoms with van der Waals surface area (Å²) >= 11 is -2.21. The monoisotopic (exact) mass is 628 g/mol. The predicted molar refractivity (Wildman–Crippen MR) is 157 cm³/mol. The summed E-state index contributed by atoms with van der Waals surface area (Å²) < 4.78 is 4.29. The molecule has 2 aromatic carbocycles. The van der Waals surface area contributed by atoms with Crippen LogP contribution in [0.1, 0.15) is 121 Å². The van der Waals surface area contributed by atoms with Crippen LogP contribution >= 0.6 is 0 Å². The van der Waals surface area contributed by atoms with Gasteiger partial charge < -0.3 is 24.8 Å². The van der Waals surface area contributed by atoms with Crippen LogP contribution in [-0.4, -0.2) is 3.21 Å². The SMILES string of the molecule is CC[C](CC)=[Zr+2]([C]1=CC(C(C)(C)C)=CC1)[CH]1c2ccc(C(C)(C)C)cc2-c2cc(C(C)(C)C)ccc21.[Cl-].[Cl-]. The first-order valence-electron chi connectivity index (χ1n) is 14.1. The van der Waals surface area contributed by atoms with Gasteiger partial charge in [0, 0.05) is 0 Å². The second-order valence-electron chi connectivity index (χ2n) is 14.0. The minimum atomic E-state index is -2.21. The third kappa shape index (κ3) is 6.42. The molecule has 4 rings (SSSR count). The minimum absolute atomic E-state index is 0. The van der Waals surface area contributed by atoms with E-state index in [9.17, 15) is 0 Å². The smallest absolute Gasteiger partial charge is 1.00 e. The van der Waals surface area contributed by atoms with Crippen molar-refractivity contribution < 1.29 is 46.1 Å². The van der Waals surface area contributed by atoms with E-state index < -0.39 is 21.3 Å². The van der Waals surface area contributed by atoms with Gasteiger partial charge in [0.1, 0.15) is 0 Å². The fourth-order valence-corrected chi connectivity index (χ4v) is 15.2. The Morgan fingerprint density at radius 2 is 1.16 bits per heavy atom. The average molecular weight is 631 g/mol. The molecule has 38 heavy (non-hydrogen) atoms. The maximum atomic E-state index is 2.64. The minimum Gasteiger partial charge on any atom is -1.00 e. The van der Waals surface area contributed by atoms with Crippen molar-refractivity contribution in [1.29, 1.82) is 0 Å². The van der Waals surface area contributed by atoms with Crippen LogP contribution in [0.25, 0.3) is 11.1 Å². The van der Waals surface area contributed by atoms with Gasteiger partial charge >= 0.3 is 231 Å². The third-order valence-electron chi connectivity index (χ3n) is 8.36. The van der Waals surface area contributed by atoms with Crippen LogP contribution in [-0.2, 0) is 32.1 Å². The van der Waals surface area contributed by atoms with Gasteiger partial charge in [0.05, 0.1) is 0 Å². The zero-order valence-electron chi connectivity index (χ0n) is 25.6. The molecule has 0 N–H and O–H groups in total. The van der Waals surface area contributed by atoms with Crippen molar-refractivity contribution in [3.8, 4) is 11.1 Å². The van der Waals surface area contributed by atoms with E-state index in [4.69, 9.17) is 0 Å². The van der Waals surface area contributed by atoms with Crippen molar-refractivity contribution in [1.82, 2.24) is 0 Å². The summed E-state index contributed by atoms with van der Waals surface area (Å²) in [6.07, 6.45) is 8.82. The van der Waals surface area contributed by atoms with E-state index in [1.165, 1.54) is 41.5 Å². The molecule has 0 unspecified atom stereocenters. The van der Waals surface area contributed by atoms with Gasteiger partial charge in [-0.3, -0.25) is 0 Å². The third-order valence-corrected chi connectivity index (χ3v) is 17.5. The van der Waals surface area contributed by atoms with Crippen molar-refractivity contribution in [3.05, 3.63) is 79.7 Å². The number of fused-ring (bicyclic) bond motifs is 3. The van der Waals surface area contributed by atoms with Crippen LogP contribution in [0.2, 0.25) is 0 Å². The molecule has 0 nitrogen and oxygen atoms in total. The first kappa shape index (κ1) is 33.5. The standard InChI is InChI=1S/C21H25.C9H13.C5H10.2ClH.Zr/c1-20(2,3)16-9-7-14-11-15-8-10-17(21(4,5)6)13-19(15)18(14)12-16;1-9(2,3)8-6-4-5-7-8;1-3-5-4-2;;;/h7-13H,1-6H3;6-7H,4H2,1-3H3;3-4H2,1-2H3;2*1H;/q;;;;;+2/p-2. The zero-order valence-corrected chi connectivity index (χ0v) is 29.5. The normalized spacial score (nSPS) is 14.9.